The molecule has 0 heterocycles. The van der Waals surface area contributed by atoms with Gasteiger partial charge < -0.3 is 25.2 Å². The van der Waals surface area contributed by atoms with Gasteiger partial charge in [-0.2, -0.15) is 0 Å². The molecule has 1 aromatic carbocycles. The first kappa shape index (κ1) is 30.2. The van der Waals surface area contributed by atoms with Crippen LogP contribution >= 0.6 is 0 Å². The van der Waals surface area contributed by atoms with Gasteiger partial charge in [-0.05, 0) is 55.6 Å². The molecule has 0 aliphatic heterocycles. The topological polar surface area (TPSA) is 124 Å². The number of hydrogen-bond acceptors (Lipinski definition) is 7. The molecule has 0 aromatic heterocycles. The van der Waals surface area contributed by atoms with Crippen molar-refractivity contribution in [2.75, 3.05) is 0 Å². The second-order valence-corrected chi connectivity index (χ2v) is 12.1. The van der Waals surface area contributed by atoms with Crippen molar-refractivity contribution in [3.8, 4) is 0 Å². The molecule has 1 rings (SSSR count). The minimum atomic E-state index is -1.68. The van der Waals surface area contributed by atoms with Gasteiger partial charge in [0, 0.05) is 6.42 Å². The summed E-state index contributed by atoms with van der Waals surface area (Å²) >= 11 is 0. The summed E-state index contributed by atoms with van der Waals surface area (Å²) in [5, 5.41) is 42.6. The second-order valence-electron chi connectivity index (χ2n) is 12.1. The molecule has 7 nitrogen and oxygen atoms in total. The molecular weight excluding hydrogens is 436 g/mol. The molecule has 0 bridgehead atoms. The molecule has 0 aliphatic carbocycles. The van der Waals surface area contributed by atoms with Crippen LogP contribution in [-0.2, 0) is 9.53 Å². The summed E-state index contributed by atoms with van der Waals surface area (Å²) in [5.74, 6) is -1.84. The zero-order valence-electron chi connectivity index (χ0n) is 21.7. The van der Waals surface area contributed by atoms with Gasteiger partial charge in [-0.25, -0.2) is 4.79 Å². The third-order valence-electron chi connectivity index (χ3n) is 5.79. The zero-order chi connectivity index (χ0) is 26.3. The molecule has 4 N–H and O–H groups in total. The Morgan fingerprint density at radius 2 is 1.18 bits per heavy atom. The molecule has 194 valence electrons. The van der Waals surface area contributed by atoms with E-state index in [2.05, 4.69) is 0 Å². The number of carbonyl (C=O) groups excluding carboxylic acids is 2. The normalized spacial score (nSPS) is 17.9. The molecule has 0 spiro atoms. The van der Waals surface area contributed by atoms with Crippen molar-refractivity contribution in [1.82, 2.24) is 0 Å². The molecule has 0 saturated carbocycles. The first-order valence-corrected chi connectivity index (χ1v) is 12.0. The minimum absolute atomic E-state index is 0.00400. The van der Waals surface area contributed by atoms with Gasteiger partial charge in [0.2, 0.25) is 0 Å². The lowest BCUT2D eigenvalue weighted by Gasteiger charge is -2.36. The first-order valence-electron chi connectivity index (χ1n) is 12.0. The summed E-state index contributed by atoms with van der Waals surface area (Å²) in [6.45, 7) is 13.2. The molecule has 0 radical (unpaired) electrons. The van der Waals surface area contributed by atoms with Gasteiger partial charge in [0.1, 0.15) is 0 Å². The molecular formula is C27H44O7. The summed E-state index contributed by atoms with van der Waals surface area (Å²) in [6, 6.07) is 8.02. The van der Waals surface area contributed by atoms with Gasteiger partial charge in [0.05, 0.1) is 35.4 Å². The highest BCUT2D eigenvalue weighted by atomic mass is 16.6. The fourth-order valence-electron chi connectivity index (χ4n) is 4.17. The quantitative estimate of drug-likeness (QED) is 0.280. The van der Waals surface area contributed by atoms with Gasteiger partial charge in [-0.1, -0.05) is 59.7 Å². The fraction of sp³-hybridized carbons (Fsp3) is 0.704. The third-order valence-corrected chi connectivity index (χ3v) is 5.79. The standard InChI is InChI=1S/C27H44O7/c1-25(2,3)15-19(28)13-20(29)17-27(7,22(31)14-21(30)16-26(4,5)6)24(33)34-23(32)18-11-9-8-10-12-18/h8-12,19-22,28-31H,13-17H2,1-7H3. The van der Waals surface area contributed by atoms with Crippen LogP contribution in [-0.4, -0.2) is 56.8 Å². The van der Waals surface area contributed by atoms with E-state index >= 15 is 0 Å². The number of carbonyl (C=O) groups is 2. The number of benzene rings is 1. The van der Waals surface area contributed by atoms with Crippen molar-refractivity contribution in [3.63, 3.8) is 0 Å². The summed E-state index contributed by atoms with van der Waals surface area (Å²) in [6.07, 6.45) is -3.72. The molecule has 7 heteroatoms. The Morgan fingerprint density at radius 1 is 0.735 bits per heavy atom. The summed E-state index contributed by atoms with van der Waals surface area (Å²) < 4.78 is 5.10. The largest absolute Gasteiger partial charge is 0.393 e. The lowest BCUT2D eigenvalue weighted by Crippen LogP contribution is -2.46. The monoisotopic (exact) mass is 480 g/mol. The van der Waals surface area contributed by atoms with E-state index in [9.17, 15) is 30.0 Å². The van der Waals surface area contributed by atoms with E-state index in [4.69, 9.17) is 4.74 Å². The second kappa shape index (κ2) is 12.2. The van der Waals surface area contributed by atoms with Crippen LogP contribution in [0.5, 0.6) is 0 Å². The van der Waals surface area contributed by atoms with Crippen LogP contribution < -0.4 is 0 Å². The van der Waals surface area contributed by atoms with Gasteiger partial charge >= 0.3 is 11.9 Å². The molecule has 1 aromatic rings. The van der Waals surface area contributed by atoms with Crippen LogP contribution in [0.15, 0.2) is 30.3 Å². The van der Waals surface area contributed by atoms with Crippen LogP contribution in [0.4, 0.5) is 0 Å². The summed E-state index contributed by atoms with van der Waals surface area (Å²) in [5.41, 5.74) is -1.85. The lowest BCUT2D eigenvalue weighted by atomic mass is 9.74. The van der Waals surface area contributed by atoms with Gasteiger partial charge in [-0.3, -0.25) is 4.79 Å². The van der Waals surface area contributed by atoms with Gasteiger partial charge in [0.25, 0.3) is 0 Å². The van der Waals surface area contributed by atoms with E-state index in [-0.39, 0.29) is 35.7 Å². The number of hydrogen-bond donors (Lipinski definition) is 4. The van der Waals surface area contributed by atoms with Crippen molar-refractivity contribution < 1.29 is 34.8 Å². The molecule has 5 atom stereocenters. The maximum absolute atomic E-state index is 13.1. The smallest absolute Gasteiger partial charge is 0.345 e. The number of rotatable bonds is 11. The maximum Gasteiger partial charge on any atom is 0.345 e. The van der Waals surface area contributed by atoms with Gasteiger partial charge in [-0.15, -0.1) is 0 Å². The van der Waals surface area contributed by atoms with Crippen molar-refractivity contribution in [2.24, 2.45) is 16.2 Å². The molecule has 0 saturated heterocycles. The van der Waals surface area contributed by atoms with Crippen LogP contribution in [0.2, 0.25) is 0 Å². The number of aliphatic hydroxyl groups is 4. The third kappa shape index (κ3) is 10.6. The average Bonchev–Trinajstić information content (AvgIpc) is 2.64. The highest BCUT2D eigenvalue weighted by Crippen LogP contribution is 2.36. The molecule has 0 amide bonds. The van der Waals surface area contributed by atoms with Crippen molar-refractivity contribution in [2.45, 2.75) is 105 Å². The van der Waals surface area contributed by atoms with E-state index in [0.717, 1.165) is 0 Å². The zero-order valence-corrected chi connectivity index (χ0v) is 21.7. The van der Waals surface area contributed by atoms with E-state index < -0.39 is 41.8 Å². The molecule has 0 fully saturated rings. The van der Waals surface area contributed by atoms with Crippen LogP contribution in [0.1, 0.15) is 90.9 Å². The Morgan fingerprint density at radius 3 is 1.65 bits per heavy atom. The van der Waals surface area contributed by atoms with Crippen molar-refractivity contribution in [3.05, 3.63) is 35.9 Å². The van der Waals surface area contributed by atoms with E-state index in [1.807, 2.05) is 41.5 Å². The van der Waals surface area contributed by atoms with Crippen LogP contribution in [0.3, 0.4) is 0 Å². The number of ether oxygens (including phenoxy) is 1. The predicted octanol–water partition coefficient (Wildman–Crippen LogP) is 3.86. The molecule has 5 unspecified atom stereocenters. The summed E-state index contributed by atoms with van der Waals surface area (Å²) in [4.78, 5) is 25.6. The highest BCUT2D eigenvalue weighted by molar-refractivity contribution is 5.98. The fourth-order valence-corrected chi connectivity index (χ4v) is 4.17. The van der Waals surface area contributed by atoms with Gasteiger partial charge in [0.15, 0.2) is 0 Å². The Labute approximate surface area is 204 Å². The first-order chi connectivity index (χ1) is 15.4. The average molecular weight is 481 g/mol. The molecule has 0 aliphatic rings. The predicted molar refractivity (Wildman–Crippen MR) is 131 cm³/mol. The lowest BCUT2D eigenvalue weighted by molar-refractivity contribution is -0.161. The Bertz CT molecular complexity index is 778. The van der Waals surface area contributed by atoms with Crippen LogP contribution in [0, 0.1) is 16.2 Å². The van der Waals surface area contributed by atoms with E-state index in [1.54, 1.807) is 18.2 Å². The number of aliphatic hydroxyl groups excluding tert-OH is 4. The van der Waals surface area contributed by atoms with Crippen molar-refractivity contribution in [1.29, 1.82) is 0 Å². The van der Waals surface area contributed by atoms with Crippen LogP contribution in [0.25, 0.3) is 0 Å². The SMILES string of the molecule is CC(C)(C)CC(O)CC(O)CC(C)(C(=O)OC(=O)c1ccccc1)C(O)CC(O)CC(C)(C)C. The summed E-state index contributed by atoms with van der Waals surface area (Å²) in [7, 11) is 0. The van der Waals surface area contributed by atoms with E-state index in [0.29, 0.717) is 12.8 Å². The maximum atomic E-state index is 13.1. The minimum Gasteiger partial charge on any atom is -0.393 e. The molecule has 34 heavy (non-hydrogen) atoms. The number of esters is 2. The highest BCUT2D eigenvalue weighted by Gasteiger charge is 2.45. The van der Waals surface area contributed by atoms with E-state index in [1.165, 1.54) is 19.1 Å². The Balaban J connectivity index is 3.06. The van der Waals surface area contributed by atoms with Crippen molar-refractivity contribution >= 4 is 11.9 Å². The Kier molecular flexibility index (Phi) is 10.9. The Hall–Kier alpha value is -1.80.